The molecule has 0 aromatic rings. The molecule has 6 aliphatic rings. The predicted octanol–water partition coefficient (Wildman–Crippen LogP) is 1.28. The average Bonchev–Trinajstić information content (AvgIpc) is 3.23. The molecule has 0 aromatic heterocycles. The number of likely N-dealkylation sites (tertiary alicyclic amines) is 1. The van der Waals surface area contributed by atoms with Crippen LogP contribution in [0.2, 0.25) is 0 Å². The van der Waals surface area contributed by atoms with Gasteiger partial charge in [-0.1, -0.05) is 6.92 Å². The van der Waals surface area contributed by atoms with Gasteiger partial charge in [-0.3, -0.25) is 14.5 Å². The second-order valence-corrected chi connectivity index (χ2v) is 11.9. The maximum absolute atomic E-state index is 14.3. The van der Waals surface area contributed by atoms with Crippen molar-refractivity contribution in [2.75, 3.05) is 41.0 Å². The highest BCUT2D eigenvalue weighted by Gasteiger charge is 2.87. The minimum atomic E-state index is -1.14. The van der Waals surface area contributed by atoms with E-state index in [0.29, 0.717) is 25.2 Å². The van der Waals surface area contributed by atoms with Crippen molar-refractivity contribution in [3.8, 4) is 0 Å². The number of Topliss-reactive ketones (excluding diaryl/α,β-unsaturated/α-hetero) is 1. The highest BCUT2D eigenvalue weighted by atomic mass is 16.5. The van der Waals surface area contributed by atoms with Crippen LogP contribution in [0.15, 0.2) is 0 Å². The summed E-state index contributed by atoms with van der Waals surface area (Å²) < 4.78 is 24.0. The third-order valence-electron chi connectivity index (χ3n) is 11.2. The number of piperidine rings is 1. The summed E-state index contributed by atoms with van der Waals surface area (Å²) in [6.45, 7) is 5.83. The van der Waals surface area contributed by atoms with Crippen molar-refractivity contribution in [3.63, 3.8) is 0 Å². The van der Waals surface area contributed by atoms with E-state index in [1.54, 1.807) is 21.3 Å². The van der Waals surface area contributed by atoms with Crippen molar-refractivity contribution in [1.29, 1.82) is 0 Å². The Morgan fingerprint density at radius 3 is 2.56 bits per heavy atom. The van der Waals surface area contributed by atoms with Crippen molar-refractivity contribution in [2.24, 2.45) is 40.4 Å². The first-order valence-corrected chi connectivity index (χ1v) is 13.0. The number of esters is 1. The van der Waals surface area contributed by atoms with Crippen molar-refractivity contribution >= 4 is 11.8 Å². The molecule has 5 aliphatic carbocycles. The predicted molar refractivity (Wildman–Crippen MR) is 121 cm³/mol. The van der Waals surface area contributed by atoms with Gasteiger partial charge in [0.2, 0.25) is 0 Å². The average molecular weight is 478 g/mol. The third kappa shape index (κ3) is 2.43. The van der Waals surface area contributed by atoms with Crippen LogP contribution in [0.1, 0.15) is 39.5 Å². The molecule has 1 saturated heterocycles. The van der Waals surface area contributed by atoms with Crippen LogP contribution in [0.25, 0.3) is 0 Å². The van der Waals surface area contributed by atoms with Gasteiger partial charge in [-0.25, -0.2) is 0 Å². The molecule has 6 fully saturated rings. The van der Waals surface area contributed by atoms with Crippen LogP contribution in [0.4, 0.5) is 0 Å². The summed E-state index contributed by atoms with van der Waals surface area (Å²) in [5.74, 6) is -0.658. The third-order valence-corrected chi connectivity index (χ3v) is 11.2. The largest absolute Gasteiger partial charge is 0.462 e. The fraction of sp³-hybridized carbons (Fsp3) is 0.923. The first-order valence-electron chi connectivity index (χ1n) is 13.0. The van der Waals surface area contributed by atoms with E-state index in [4.69, 9.17) is 18.9 Å². The summed E-state index contributed by atoms with van der Waals surface area (Å²) in [7, 11) is 5.16. The van der Waals surface area contributed by atoms with E-state index in [-0.39, 0.29) is 59.2 Å². The number of carbonyl (C=O) groups is 2. The molecule has 1 heterocycles. The van der Waals surface area contributed by atoms with Gasteiger partial charge in [-0.2, -0.15) is 0 Å². The molecule has 1 aliphatic heterocycles. The van der Waals surface area contributed by atoms with Crippen molar-refractivity contribution < 1.29 is 33.6 Å². The molecule has 6 rings (SSSR count). The van der Waals surface area contributed by atoms with Gasteiger partial charge in [0, 0.05) is 82.8 Å². The molecule has 0 amide bonds. The molecule has 190 valence electrons. The number of rotatable bonds is 6. The molecule has 0 radical (unpaired) electrons. The molecule has 5 saturated carbocycles. The van der Waals surface area contributed by atoms with Crippen molar-refractivity contribution in [1.82, 2.24) is 4.90 Å². The Morgan fingerprint density at radius 2 is 1.94 bits per heavy atom. The van der Waals surface area contributed by atoms with Gasteiger partial charge in [0.15, 0.2) is 0 Å². The number of aliphatic hydroxyl groups is 1. The lowest BCUT2D eigenvalue weighted by Gasteiger charge is -2.66. The van der Waals surface area contributed by atoms with E-state index in [2.05, 4.69) is 11.8 Å². The molecule has 7 bridgehead atoms. The Bertz CT molecular complexity index is 896. The van der Waals surface area contributed by atoms with Crippen LogP contribution in [-0.4, -0.2) is 92.7 Å². The molecular formula is C26H39NO7. The summed E-state index contributed by atoms with van der Waals surface area (Å²) in [6.07, 6.45) is 1.62. The molecule has 0 unspecified atom stereocenters. The first kappa shape index (κ1) is 23.3. The fourth-order valence-corrected chi connectivity index (χ4v) is 10.7. The summed E-state index contributed by atoms with van der Waals surface area (Å²) in [5.41, 5.74) is -1.96. The van der Waals surface area contributed by atoms with Crippen LogP contribution in [-0.2, 0) is 28.5 Å². The number of hydrogen-bond donors (Lipinski definition) is 1. The number of carbonyl (C=O) groups excluding carboxylic acids is 2. The van der Waals surface area contributed by atoms with Gasteiger partial charge in [0.05, 0.1) is 29.8 Å². The van der Waals surface area contributed by atoms with E-state index in [1.807, 2.05) is 0 Å². The minimum absolute atomic E-state index is 0.0126. The second kappa shape index (κ2) is 7.48. The molecule has 0 aromatic carbocycles. The summed E-state index contributed by atoms with van der Waals surface area (Å²) in [4.78, 5) is 28.9. The number of ether oxygens (including phenoxy) is 4. The highest BCUT2D eigenvalue weighted by Crippen LogP contribution is 2.78. The second-order valence-electron chi connectivity index (χ2n) is 11.9. The lowest BCUT2D eigenvalue weighted by Crippen LogP contribution is -2.75. The van der Waals surface area contributed by atoms with Crippen LogP contribution in [0.3, 0.4) is 0 Å². The molecular weight excluding hydrogens is 438 g/mol. The molecule has 1 spiro atoms. The Balaban J connectivity index is 1.61. The normalized spacial score (nSPS) is 54.9. The number of methoxy groups -OCH3 is 3. The molecule has 8 heteroatoms. The van der Waals surface area contributed by atoms with Gasteiger partial charge < -0.3 is 24.1 Å². The zero-order valence-electron chi connectivity index (χ0n) is 21.0. The van der Waals surface area contributed by atoms with E-state index in [0.717, 1.165) is 25.9 Å². The van der Waals surface area contributed by atoms with E-state index >= 15 is 0 Å². The van der Waals surface area contributed by atoms with Gasteiger partial charge in [0.1, 0.15) is 11.9 Å². The van der Waals surface area contributed by atoms with Crippen LogP contribution < -0.4 is 0 Å². The zero-order valence-corrected chi connectivity index (χ0v) is 21.0. The van der Waals surface area contributed by atoms with E-state index < -0.39 is 17.1 Å². The number of nitrogens with zero attached hydrogens (tertiary/aromatic N) is 1. The molecule has 34 heavy (non-hydrogen) atoms. The SMILES string of the molecule is CCN1C[C@]2(COC)CCC(=O)[C@@]34[C@@H]5C[C@H]6[C@H](OC(C)=O)[C@@H]5[C@](O)(C[C@@H]6OC)[C@@H]([C@H](OC)[C@H]23)[C@@H]14. The Hall–Kier alpha value is -1.06. The maximum Gasteiger partial charge on any atom is 0.302 e. The summed E-state index contributed by atoms with van der Waals surface area (Å²) in [6, 6.07) is -0.0798. The first-order chi connectivity index (χ1) is 16.2. The van der Waals surface area contributed by atoms with Crippen LogP contribution in [0.5, 0.6) is 0 Å². The molecule has 12 atom stereocenters. The topological polar surface area (TPSA) is 94.5 Å². The minimum Gasteiger partial charge on any atom is -0.462 e. The van der Waals surface area contributed by atoms with E-state index in [9.17, 15) is 14.7 Å². The van der Waals surface area contributed by atoms with Crippen LogP contribution in [0, 0.1) is 40.4 Å². The summed E-state index contributed by atoms with van der Waals surface area (Å²) >= 11 is 0. The fourth-order valence-electron chi connectivity index (χ4n) is 10.7. The monoisotopic (exact) mass is 477 g/mol. The van der Waals surface area contributed by atoms with Gasteiger partial charge in [-0.05, 0) is 25.3 Å². The molecule has 1 N–H and O–H groups in total. The maximum atomic E-state index is 14.3. The zero-order chi connectivity index (χ0) is 24.2. The smallest absolute Gasteiger partial charge is 0.302 e. The Morgan fingerprint density at radius 1 is 1.18 bits per heavy atom. The van der Waals surface area contributed by atoms with Crippen molar-refractivity contribution in [2.45, 2.75) is 69.5 Å². The number of fused-ring (bicyclic) bond motifs is 2. The highest BCUT2D eigenvalue weighted by molar-refractivity contribution is 5.89. The quantitative estimate of drug-likeness (QED) is 0.572. The summed E-state index contributed by atoms with van der Waals surface area (Å²) in [5, 5.41) is 12.7. The lowest BCUT2D eigenvalue weighted by atomic mass is 9.43. The van der Waals surface area contributed by atoms with Crippen LogP contribution >= 0.6 is 0 Å². The van der Waals surface area contributed by atoms with Gasteiger partial charge >= 0.3 is 5.97 Å². The Labute approximate surface area is 201 Å². The standard InChI is InChI=1S/C26H39NO7/c1-6-27-11-24(12-31-3)8-7-17(29)26-15-9-14-16(32-4)10-25(30,18(15)20(14)34-13(2)28)19(23(26)27)21(33-5)22(24)26/h14-16,18-23,30H,6-12H2,1-5H3/t14-,15-,16+,18-,19+,20+,21+,22-,23-,24+,25-,26+/m1/s1. The van der Waals surface area contributed by atoms with E-state index in [1.165, 1.54) is 6.92 Å². The van der Waals surface area contributed by atoms with Crippen molar-refractivity contribution in [3.05, 3.63) is 0 Å². The molecule has 8 nitrogen and oxygen atoms in total. The Kier molecular flexibility index (Phi) is 5.14. The number of ketones is 1. The van der Waals surface area contributed by atoms with Gasteiger partial charge in [0.25, 0.3) is 0 Å². The number of hydrogen-bond acceptors (Lipinski definition) is 8. The van der Waals surface area contributed by atoms with Gasteiger partial charge in [-0.15, -0.1) is 0 Å². The lowest BCUT2D eigenvalue weighted by molar-refractivity contribution is -0.244.